The summed E-state index contributed by atoms with van der Waals surface area (Å²) in [6.07, 6.45) is -0.664. The highest BCUT2D eigenvalue weighted by Crippen LogP contribution is 2.62. The van der Waals surface area contributed by atoms with Crippen LogP contribution in [0.2, 0.25) is 0 Å². The third-order valence-corrected chi connectivity index (χ3v) is 8.43. The van der Waals surface area contributed by atoms with Gasteiger partial charge in [0.05, 0.1) is 16.8 Å². The molecule has 0 heterocycles. The molecule has 0 spiro atoms. The third-order valence-electron chi connectivity index (χ3n) is 8.43. The number of rotatable bonds is 16. The minimum Gasteiger partial charge on any atom is -0.423 e. The van der Waals surface area contributed by atoms with E-state index in [1.807, 2.05) is 12.1 Å². The second-order valence-corrected chi connectivity index (χ2v) is 12.6. The Hall–Kier alpha value is -5.42. The van der Waals surface area contributed by atoms with E-state index in [4.69, 9.17) is 9.47 Å². The van der Waals surface area contributed by atoms with E-state index in [-0.39, 0.29) is 23.6 Å². The zero-order valence-corrected chi connectivity index (χ0v) is 29.3. The molecule has 5 nitrogen and oxygen atoms in total. The van der Waals surface area contributed by atoms with E-state index >= 15 is 0 Å². The summed E-state index contributed by atoms with van der Waals surface area (Å²) in [5.74, 6) is -39.5. The van der Waals surface area contributed by atoms with Crippen molar-refractivity contribution in [2.45, 2.75) is 74.8 Å². The zero-order valence-electron chi connectivity index (χ0n) is 29.3. The minimum absolute atomic E-state index is 0.134. The van der Waals surface area contributed by atoms with Gasteiger partial charge in [-0.15, -0.1) is 0 Å². The van der Waals surface area contributed by atoms with Gasteiger partial charge in [0.1, 0.15) is 11.5 Å². The fraction of sp³-hybridized carbons (Fsp3) is 0.308. The number of hydrogen-bond acceptors (Lipinski definition) is 5. The molecule has 0 atom stereocenters. The third kappa shape index (κ3) is 9.42. The summed E-state index contributed by atoms with van der Waals surface area (Å²) in [5.41, 5.74) is -0.464. The van der Waals surface area contributed by atoms with Gasteiger partial charge in [-0.1, -0.05) is 50.5 Å². The predicted octanol–water partition coefficient (Wildman–Crippen LogP) is 12.2. The lowest BCUT2D eigenvalue weighted by molar-refractivity contribution is -0.441. The van der Waals surface area contributed by atoms with E-state index in [2.05, 4.69) is 11.9 Å². The van der Waals surface area contributed by atoms with Crippen molar-refractivity contribution >= 4 is 23.8 Å². The molecule has 306 valence electrons. The second-order valence-electron chi connectivity index (χ2n) is 12.6. The van der Waals surface area contributed by atoms with Crippen LogP contribution in [0, 0.1) is 0 Å². The molecule has 4 aromatic rings. The maximum absolute atomic E-state index is 14.5. The summed E-state index contributed by atoms with van der Waals surface area (Å²) < 4.78 is 186. The molecular weight excluding hydrogens is 793 g/mol. The van der Waals surface area contributed by atoms with Crippen LogP contribution in [-0.2, 0) is 12.3 Å². The van der Waals surface area contributed by atoms with Gasteiger partial charge in [-0.05, 0) is 96.8 Å². The Morgan fingerprint density at radius 2 is 1.00 bits per heavy atom. The second kappa shape index (κ2) is 17.0. The van der Waals surface area contributed by atoms with E-state index in [0.29, 0.717) is 28.9 Å². The molecule has 0 N–H and O–H groups in total. The SMILES string of the molecule is CCCCCCc1ccc(C(=O)Oc2ccc(N=Cc3ccc(OC(=O)c4ccc(C(F)(F)C(F)(F)C(F)(F)C(F)(F)C(F)(F)C(F)(F)F)cc4)cc3)cc2)cc1. The maximum Gasteiger partial charge on any atom is 0.460 e. The average Bonchev–Trinajstić information content (AvgIpc) is 3.16. The first kappa shape index (κ1) is 44.3. The molecular formula is C39H30F13NO4. The highest BCUT2D eigenvalue weighted by atomic mass is 19.4. The highest BCUT2D eigenvalue weighted by Gasteiger charge is 2.90. The van der Waals surface area contributed by atoms with Crippen molar-refractivity contribution < 1.29 is 76.1 Å². The number of ether oxygens (including phenoxy) is 2. The van der Waals surface area contributed by atoms with Crippen LogP contribution < -0.4 is 9.47 Å². The first-order valence-electron chi connectivity index (χ1n) is 16.8. The van der Waals surface area contributed by atoms with Gasteiger partial charge in [0.2, 0.25) is 0 Å². The molecule has 0 unspecified atom stereocenters. The molecule has 0 fully saturated rings. The molecule has 0 bridgehead atoms. The number of unbranched alkanes of at least 4 members (excludes halogenated alkanes) is 3. The molecule has 0 amide bonds. The fourth-order valence-electron chi connectivity index (χ4n) is 5.03. The summed E-state index contributed by atoms with van der Waals surface area (Å²) in [5, 5.41) is 0. The molecule has 57 heavy (non-hydrogen) atoms. The Bertz CT molecular complexity index is 2010. The number of carbonyl (C=O) groups is 2. The Kier molecular flexibility index (Phi) is 13.2. The lowest BCUT2D eigenvalue weighted by Gasteiger charge is -2.39. The number of carbonyl (C=O) groups excluding carboxylic acids is 2. The van der Waals surface area contributed by atoms with Crippen LogP contribution in [0.5, 0.6) is 11.5 Å². The van der Waals surface area contributed by atoms with Gasteiger partial charge in [0.25, 0.3) is 0 Å². The number of aryl methyl sites for hydroxylation is 1. The summed E-state index contributed by atoms with van der Waals surface area (Å²) in [7, 11) is 0. The van der Waals surface area contributed by atoms with Crippen molar-refractivity contribution in [3.63, 3.8) is 0 Å². The van der Waals surface area contributed by atoms with E-state index in [0.717, 1.165) is 31.2 Å². The van der Waals surface area contributed by atoms with Gasteiger partial charge < -0.3 is 9.47 Å². The van der Waals surface area contributed by atoms with Crippen molar-refractivity contribution in [3.05, 3.63) is 125 Å². The Balaban J connectivity index is 1.34. The molecule has 0 saturated carbocycles. The average molecular weight is 824 g/mol. The summed E-state index contributed by atoms with van der Waals surface area (Å²) in [6, 6.07) is 19.1. The number of alkyl halides is 13. The number of aliphatic imine (C=N–C) groups is 1. The maximum atomic E-state index is 14.5. The first-order chi connectivity index (χ1) is 26.5. The quantitative estimate of drug-likeness (QED) is 0.0371. The Morgan fingerprint density at radius 3 is 1.47 bits per heavy atom. The van der Waals surface area contributed by atoms with Crippen LogP contribution in [-0.4, -0.2) is 48.0 Å². The van der Waals surface area contributed by atoms with Gasteiger partial charge >= 0.3 is 47.7 Å². The van der Waals surface area contributed by atoms with E-state index in [1.54, 1.807) is 24.3 Å². The Morgan fingerprint density at radius 1 is 0.544 bits per heavy atom. The van der Waals surface area contributed by atoms with Crippen molar-refractivity contribution in [2.75, 3.05) is 0 Å². The van der Waals surface area contributed by atoms with Crippen molar-refractivity contribution in [1.82, 2.24) is 0 Å². The molecule has 18 heteroatoms. The number of benzene rings is 4. The van der Waals surface area contributed by atoms with Gasteiger partial charge in [-0.25, -0.2) is 9.59 Å². The van der Waals surface area contributed by atoms with Gasteiger partial charge in [-0.2, -0.15) is 57.1 Å². The van der Waals surface area contributed by atoms with Gasteiger partial charge in [-0.3, -0.25) is 4.99 Å². The molecule has 0 aliphatic rings. The van der Waals surface area contributed by atoms with Crippen molar-refractivity contribution in [3.8, 4) is 11.5 Å². The van der Waals surface area contributed by atoms with E-state index in [1.165, 1.54) is 49.0 Å². The van der Waals surface area contributed by atoms with Crippen LogP contribution in [0.25, 0.3) is 0 Å². The fourth-order valence-corrected chi connectivity index (χ4v) is 5.03. The van der Waals surface area contributed by atoms with Gasteiger partial charge in [0, 0.05) is 11.8 Å². The van der Waals surface area contributed by atoms with Crippen LogP contribution in [0.3, 0.4) is 0 Å². The number of hydrogen-bond donors (Lipinski definition) is 0. The van der Waals surface area contributed by atoms with Crippen molar-refractivity contribution in [1.29, 1.82) is 0 Å². The van der Waals surface area contributed by atoms with Crippen LogP contribution in [0.4, 0.5) is 62.8 Å². The monoisotopic (exact) mass is 823 g/mol. The van der Waals surface area contributed by atoms with Gasteiger partial charge in [0.15, 0.2) is 0 Å². The molecule has 4 rings (SSSR count). The normalized spacial score (nSPS) is 13.2. The van der Waals surface area contributed by atoms with E-state index in [9.17, 15) is 66.7 Å². The summed E-state index contributed by atoms with van der Waals surface area (Å²) in [6.45, 7) is 2.14. The van der Waals surface area contributed by atoms with E-state index < -0.39 is 58.9 Å². The first-order valence-corrected chi connectivity index (χ1v) is 16.8. The number of halogens is 13. The number of esters is 2. The number of nitrogens with zero attached hydrogens (tertiary/aromatic N) is 1. The molecule has 0 saturated heterocycles. The minimum atomic E-state index is -8.03. The highest BCUT2D eigenvalue weighted by molar-refractivity contribution is 5.92. The summed E-state index contributed by atoms with van der Waals surface area (Å²) >= 11 is 0. The molecule has 4 aromatic carbocycles. The summed E-state index contributed by atoms with van der Waals surface area (Å²) in [4.78, 5) is 29.3. The lowest BCUT2D eigenvalue weighted by atomic mass is 9.90. The molecule has 0 aliphatic carbocycles. The smallest absolute Gasteiger partial charge is 0.423 e. The Labute approximate surface area is 316 Å². The molecule has 0 radical (unpaired) electrons. The molecule has 0 aromatic heterocycles. The predicted molar refractivity (Wildman–Crippen MR) is 181 cm³/mol. The zero-order chi connectivity index (χ0) is 42.5. The molecule has 0 aliphatic heterocycles. The van der Waals surface area contributed by atoms with Crippen LogP contribution in [0.1, 0.15) is 70.0 Å². The van der Waals surface area contributed by atoms with Crippen LogP contribution >= 0.6 is 0 Å². The topological polar surface area (TPSA) is 65.0 Å². The largest absolute Gasteiger partial charge is 0.460 e. The van der Waals surface area contributed by atoms with Crippen molar-refractivity contribution in [2.24, 2.45) is 4.99 Å². The van der Waals surface area contributed by atoms with Crippen LogP contribution in [0.15, 0.2) is 102 Å². The lowest BCUT2D eigenvalue weighted by Crippen LogP contribution is -2.69. The standard InChI is InChI=1S/C39H30F13NO4/c1-2-3-4-5-6-24-7-11-26(12-8-24)32(54)57-31-21-17-29(18-22-31)53-23-25-9-19-30(20-10-25)56-33(55)27-13-15-28(16-14-27)34(40,41)35(42,43)36(44,45)37(46,47)38(48,49)39(50,51)52/h7-23H,2-6H2,1H3.